The van der Waals surface area contributed by atoms with Crippen LogP contribution in [0.5, 0.6) is 0 Å². The van der Waals surface area contributed by atoms with E-state index in [4.69, 9.17) is 4.74 Å². The minimum atomic E-state index is -0.847. The molecule has 0 saturated heterocycles. The molecule has 2 atom stereocenters. The van der Waals surface area contributed by atoms with E-state index in [-0.39, 0.29) is 18.5 Å². The van der Waals surface area contributed by atoms with E-state index in [2.05, 4.69) is 67.8 Å². The second-order valence-electron chi connectivity index (χ2n) is 24.9. The summed E-state index contributed by atoms with van der Waals surface area (Å²) in [6.45, 7) is 4.90. The number of unbranched alkanes of at least 4 members (excludes halogenated alkanes) is 49. The highest BCUT2D eigenvalue weighted by Gasteiger charge is 2.18. The number of carbonyl (C=O) groups is 2. The van der Waals surface area contributed by atoms with Gasteiger partial charge < -0.3 is 20.3 Å². The number of hydrogen-bond donors (Lipinski definition) is 3. The highest BCUT2D eigenvalue weighted by molar-refractivity contribution is 5.76. The van der Waals surface area contributed by atoms with Gasteiger partial charge >= 0.3 is 5.97 Å². The Morgan fingerprint density at radius 3 is 0.939 bits per heavy atom. The molecule has 3 N–H and O–H groups in total. The molecule has 480 valence electrons. The topological polar surface area (TPSA) is 95.9 Å². The predicted octanol–water partition coefficient (Wildman–Crippen LogP) is 23.8. The molecule has 0 saturated carbocycles. The first-order chi connectivity index (χ1) is 40.5. The summed E-state index contributed by atoms with van der Waals surface area (Å²) in [6, 6.07) is -0.631. The number of amides is 1. The average molecular weight is 1150 g/mol. The lowest BCUT2D eigenvalue weighted by Crippen LogP contribution is -2.45. The second-order valence-corrected chi connectivity index (χ2v) is 24.9. The molecule has 0 aliphatic rings. The number of nitrogens with one attached hydrogen (secondary N) is 1. The zero-order chi connectivity index (χ0) is 59.2. The first-order valence-electron chi connectivity index (χ1n) is 36.6. The SMILES string of the molecule is CCCCCC/C=C\C/C=C\CCCCCCCC(=O)OCCCCCCCCCCC/C=C\C/C=C\CCCCCCCCCCCCCCCC(=O)NC(CO)C(O)/C=C/CCCCCCCCCCCCCCCCCCCC. The van der Waals surface area contributed by atoms with Crippen molar-refractivity contribution in [2.24, 2.45) is 0 Å². The van der Waals surface area contributed by atoms with Crippen molar-refractivity contribution in [3.05, 3.63) is 60.8 Å². The van der Waals surface area contributed by atoms with Crippen LogP contribution in [-0.4, -0.2) is 47.4 Å². The van der Waals surface area contributed by atoms with Crippen LogP contribution in [0.1, 0.15) is 386 Å². The maximum atomic E-state index is 12.5. The Labute approximate surface area is 511 Å². The Morgan fingerprint density at radius 1 is 0.341 bits per heavy atom. The molecule has 0 radical (unpaired) electrons. The third kappa shape index (κ3) is 66.7. The van der Waals surface area contributed by atoms with E-state index in [1.165, 1.54) is 302 Å². The quantitative estimate of drug-likeness (QED) is 0.0320. The molecule has 0 bridgehead atoms. The van der Waals surface area contributed by atoms with Gasteiger partial charge in [0.05, 0.1) is 25.4 Å². The van der Waals surface area contributed by atoms with Crippen molar-refractivity contribution in [1.29, 1.82) is 0 Å². The minimum absolute atomic E-state index is 0.00183. The van der Waals surface area contributed by atoms with Crippen LogP contribution >= 0.6 is 0 Å². The standard InChI is InChI=1S/C76H141NO5/c1-3-5-7-9-11-13-15-17-19-21-22-34-37-40-44-48-52-56-60-64-68-74(79)73(72-78)77-75(80)69-65-61-57-53-49-45-41-38-35-32-30-28-26-24-23-25-27-29-31-33-36-39-43-47-51-55-59-63-67-71-82-76(81)70-66-62-58-54-50-46-42-20-18-16-14-12-10-8-6-4-2/h14,16,20,23,25,29,31,42,64,68,73-74,78-79H,3-13,15,17-19,21-22,24,26-28,30,32-41,43-63,65-67,69-72H2,1-2H3,(H,77,80)/b16-14-,25-23-,31-29-,42-20-,68-64+. The van der Waals surface area contributed by atoms with Crippen molar-refractivity contribution < 1.29 is 24.5 Å². The molecule has 1 amide bonds. The van der Waals surface area contributed by atoms with Crippen LogP contribution in [0.3, 0.4) is 0 Å². The molecule has 0 aromatic rings. The van der Waals surface area contributed by atoms with E-state index < -0.39 is 12.1 Å². The van der Waals surface area contributed by atoms with Gasteiger partial charge in [-0.3, -0.25) is 9.59 Å². The van der Waals surface area contributed by atoms with Gasteiger partial charge in [0.1, 0.15) is 0 Å². The molecule has 0 aromatic heterocycles. The second kappa shape index (κ2) is 71.0. The van der Waals surface area contributed by atoms with Gasteiger partial charge in [-0.2, -0.15) is 0 Å². The van der Waals surface area contributed by atoms with Gasteiger partial charge in [0.25, 0.3) is 0 Å². The van der Waals surface area contributed by atoms with Crippen molar-refractivity contribution in [1.82, 2.24) is 5.32 Å². The molecule has 0 aliphatic carbocycles. The van der Waals surface area contributed by atoms with Crippen molar-refractivity contribution in [3.63, 3.8) is 0 Å². The van der Waals surface area contributed by atoms with Crippen LogP contribution in [-0.2, 0) is 14.3 Å². The van der Waals surface area contributed by atoms with Gasteiger partial charge in [-0.05, 0) is 96.3 Å². The Bertz CT molecular complexity index is 1420. The maximum Gasteiger partial charge on any atom is 0.305 e. The van der Waals surface area contributed by atoms with E-state index in [0.717, 1.165) is 57.8 Å². The third-order valence-corrected chi connectivity index (χ3v) is 16.8. The summed E-state index contributed by atoms with van der Waals surface area (Å²) in [5.74, 6) is -0.0681. The van der Waals surface area contributed by atoms with Gasteiger partial charge in [0.2, 0.25) is 5.91 Å². The van der Waals surface area contributed by atoms with E-state index in [1.54, 1.807) is 6.08 Å². The van der Waals surface area contributed by atoms with Gasteiger partial charge in [-0.15, -0.1) is 0 Å². The van der Waals surface area contributed by atoms with Crippen LogP contribution in [0.15, 0.2) is 60.8 Å². The fourth-order valence-corrected chi connectivity index (χ4v) is 11.2. The minimum Gasteiger partial charge on any atom is -0.466 e. The molecular formula is C76H141NO5. The normalized spacial score (nSPS) is 12.9. The Morgan fingerprint density at radius 2 is 0.610 bits per heavy atom. The summed E-state index contributed by atoms with van der Waals surface area (Å²) in [7, 11) is 0. The monoisotopic (exact) mass is 1150 g/mol. The van der Waals surface area contributed by atoms with E-state index in [1.807, 2.05) is 6.08 Å². The number of hydrogen-bond acceptors (Lipinski definition) is 5. The third-order valence-electron chi connectivity index (χ3n) is 16.8. The van der Waals surface area contributed by atoms with E-state index in [0.29, 0.717) is 19.4 Å². The predicted molar refractivity (Wildman–Crippen MR) is 361 cm³/mol. The molecule has 0 aromatic carbocycles. The maximum absolute atomic E-state index is 12.5. The molecule has 0 fully saturated rings. The smallest absolute Gasteiger partial charge is 0.305 e. The van der Waals surface area contributed by atoms with Crippen molar-refractivity contribution in [2.75, 3.05) is 13.2 Å². The molecule has 0 heterocycles. The molecule has 0 spiro atoms. The lowest BCUT2D eigenvalue weighted by Gasteiger charge is -2.20. The van der Waals surface area contributed by atoms with Gasteiger partial charge in [0, 0.05) is 12.8 Å². The van der Waals surface area contributed by atoms with Gasteiger partial charge in [-0.1, -0.05) is 338 Å². The molecule has 6 nitrogen and oxygen atoms in total. The van der Waals surface area contributed by atoms with E-state index in [9.17, 15) is 19.8 Å². The fourth-order valence-electron chi connectivity index (χ4n) is 11.2. The van der Waals surface area contributed by atoms with Gasteiger partial charge in [-0.25, -0.2) is 0 Å². The highest BCUT2D eigenvalue weighted by Crippen LogP contribution is 2.18. The number of aliphatic hydroxyl groups excluding tert-OH is 2. The average Bonchev–Trinajstić information content (AvgIpc) is 3.48. The van der Waals surface area contributed by atoms with Crippen LogP contribution in [0.2, 0.25) is 0 Å². The summed E-state index contributed by atoms with van der Waals surface area (Å²) in [5, 5.41) is 23.2. The molecule has 0 aliphatic heterocycles. The largest absolute Gasteiger partial charge is 0.466 e. The molecule has 0 rings (SSSR count). The van der Waals surface area contributed by atoms with E-state index >= 15 is 0 Å². The number of carbonyl (C=O) groups excluding carboxylic acids is 2. The first-order valence-corrected chi connectivity index (χ1v) is 36.6. The van der Waals surface area contributed by atoms with Crippen LogP contribution < -0.4 is 5.32 Å². The van der Waals surface area contributed by atoms with Crippen LogP contribution in [0.4, 0.5) is 0 Å². The molecule has 82 heavy (non-hydrogen) atoms. The molecule has 2 unspecified atom stereocenters. The number of ether oxygens (including phenoxy) is 1. The van der Waals surface area contributed by atoms with Crippen molar-refractivity contribution in [2.45, 2.75) is 398 Å². The summed E-state index contributed by atoms with van der Waals surface area (Å²) in [6.07, 6.45) is 94.5. The molecule has 6 heteroatoms. The lowest BCUT2D eigenvalue weighted by atomic mass is 10.0. The summed E-state index contributed by atoms with van der Waals surface area (Å²) >= 11 is 0. The number of aliphatic hydroxyl groups is 2. The van der Waals surface area contributed by atoms with Gasteiger partial charge in [0.15, 0.2) is 0 Å². The Kier molecular flexibility index (Phi) is 68.9. The van der Waals surface area contributed by atoms with Crippen molar-refractivity contribution >= 4 is 11.9 Å². The highest BCUT2D eigenvalue weighted by atomic mass is 16.5. The zero-order valence-electron chi connectivity index (χ0n) is 55.0. The van der Waals surface area contributed by atoms with Crippen molar-refractivity contribution in [3.8, 4) is 0 Å². The summed E-state index contributed by atoms with van der Waals surface area (Å²) in [4.78, 5) is 24.6. The first kappa shape index (κ1) is 79.6. The molecular weight excluding hydrogens is 1010 g/mol. The number of esters is 1. The van der Waals surface area contributed by atoms with Crippen LogP contribution in [0, 0.1) is 0 Å². The Hall–Kier alpha value is -2.44. The number of allylic oxidation sites excluding steroid dienone is 9. The zero-order valence-corrected chi connectivity index (χ0v) is 55.0. The summed E-state index contributed by atoms with van der Waals surface area (Å²) in [5.41, 5.74) is 0. The number of rotatable bonds is 68. The van der Waals surface area contributed by atoms with Crippen LogP contribution in [0.25, 0.3) is 0 Å². The fraction of sp³-hybridized carbons (Fsp3) is 0.842. The lowest BCUT2D eigenvalue weighted by molar-refractivity contribution is -0.143. The summed E-state index contributed by atoms with van der Waals surface area (Å²) < 4.78 is 5.49. The Balaban J connectivity index is 3.44.